The van der Waals surface area contributed by atoms with E-state index in [0.717, 1.165) is 29.4 Å². The van der Waals surface area contributed by atoms with E-state index in [0.29, 0.717) is 29.3 Å². The minimum absolute atomic E-state index is 0.332. The highest BCUT2D eigenvalue weighted by atomic mass is 16.1. The molecule has 0 aliphatic carbocycles. The second kappa shape index (κ2) is 7.50. The lowest BCUT2D eigenvalue weighted by Crippen LogP contribution is -2.26. The molecule has 0 bridgehead atoms. The quantitative estimate of drug-likeness (QED) is 0.535. The molecule has 1 atom stereocenters. The largest absolute Gasteiger partial charge is 0.366 e. The molecule has 1 saturated heterocycles. The van der Waals surface area contributed by atoms with Crippen LogP contribution < -0.4 is 10.6 Å². The lowest BCUT2D eigenvalue weighted by molar-refractivity contribution is 0.1000. The fraction of sp³-hybridized carbons (Fsp3) is 0.318. The molecule has 2 N–H and O–H groups in total. The van der Waals surface area contributed by atoms with Crippen LogP contribution in [0.3, 0.4) is 0 Å². The van der Waals surface area contributed by atoms with Crippen LogP contribution in [0.25, 0.3) is 22.6 Å². The van der Waals surface area contributed by atoms with E-state index in [1.807, 2.05) is 42.2 Å². The standard InChI is InChI=1S/C22H24N8O/c1-14-4-3-8-29(14)19-6-5-15(11-24-19)21-26-18-10-16(20(23)31)12-25-22(18)30(21)13-17-7-9-28(2)27-17/h5-7,9-12,14H,3-4,8,13H2,1-2H3,(H2,23,31). The summed E-state index contributed by atoms with van der Waals surface area (Å²) in [7, 11) is 1.88. The van der Waals surface area contributed by atoms with Gasteiger partial charge in [-0.25, -0.2) is 15.0 Å². The molecular weight excluding hydrogens is 392 g/mol. The SMILES string of the molecule is CC1CCCN1c1ccc(-c2nc3cc(C(N)=O)cnc3n2Cc2ccn(C)n2)cn1. The number of imidazole rings is 1. The lowest BCUT2D eigenvalue weighted by Gasteiger charge is -2.22. The van der Waals surface area contributed by atoms with Crippen molar-refractivity contribution in [2.24, 2.45) is 12.8 Å². The summed E-state index contributed by atoms with van der Waals surface area (Å²) in [6.07, 6.45) is 7.63. The molecule has 5 rings (SSSR count). The first-order valence-corrected chi connectivity index (χ1v) is 10.4. The molecule has 1 fully saturated rings. The molecule has 0 radical (unpaired) electrons. The summed E-state index contributed by atoms with van der Waals surface area (Å²) in [4.78, 5) is 27.9. The summed E-state index contributed by atoms with van der Waals surface area (Å²) in [5, 5.41) is 4.49. The van der Waals surface area contributed by atoms with Crippen LogP contribution in [-0.4, -0.2) is 47.8 Å². The average Bonchev–Trinajstić information content (AvgIpc) is 3.47. The zero-order chi connectivity index (χ0) is 21.5. The number of nitrogens with zero attached hydrogens (tertiary/aromatic N) is 7. The van der Waals surface area contributed by atoms with Gasteiger partial charge >= 0.3 is 0 Å². The molecule has 5 heterocycles. The van der Waals surface area contributed by atoms with Gasteiger partial charge < -0.3 is 15.2 Å². The molecule has 9 nitrogen and oxygen atoms in total. The van der Waals surface area contributed by atoms with E-state index in [9.17, 15) is 4.79 Å². The number of rotatable bonds is 5. The first-order chi connectivity index (χ1) is 15.0. The Morgan fingerprint density at radius 3 is 2.74 bits per heavy atom. The molecule has 0 aromatic carbocycles. The fourth-order valence-corrected chi connectivity index (χ4v) is 4.19. The van der Waals surface area contributed by atoms with Gasteiger partial charge in [-0.1, -0.05) is 0 Å². The first kappa shape index (κ1) is 19.2. The van der Waals surface area contributed by atoms with Crippen LogP contribution in [0.2, 0.25) is 0 Å². The van der Waals surface area contributed by atoms with Crippen molar-refractivity contribution in [1.29, 1.82) is 0 Å². The zero-order valence-electron chi connectivity index (χ0n) is 17.6. The molecule has 1 aliphatic rings. The summed E-state index contributed by atoms with van der Waals surface area (Å²) in [5.41, 5.74) is 8.81. The number of hydrogen-bond acceptors (Lipinski definition) is 6. The van der Waals surface area contributed by atoms with Crippen LogP contribution >= 0.6 is 0 Å². The van der Waals surface area contributed by atoms with Crippen molar-refractivity contribution in [3.8, 4) is 11.4 Å². The second-order valence-corrected chi connectivity index (χ2v) is 8.02. The third-order valence-corrected chi connectivity index (χ3v) is 5.81. The topological polar surface area (TPSA) is 108 Å². The summed E-state index contributed by atoms with van der Waals surface area (Å²) in [6, 6.07) is 8.23. The van der Waals surface area contributed by atoms with Gasteiger partial charge in [-0.05, 0) is 44.0 Å². The molecule has 4 aromatic rings. The van der Waals surface area contributed by atoms with Crippen LogP contribution in [0, 0.1) is 0 Å². The normalized spacial score (nSPS) is 16.3. The molecule has 158 valence electrons. The third-order valence-electron chi connectivity index (χ3n) is 5.81. The molecule has 31 heavy (non-hydrogen) atoms. The van der Waals surface area contributed by atoms with Crippen molar-refractivity contribution in [2.75, 3.05) is 11.4 Å². The number of hydrogen-bond donors (Lipinski definition) is 1. The van der Waals surface area contributed by atoms with Crippen molar-refractivity contribution in [3.63, 3.8) is 0 Å². The van der Waals surface area contributed by atoms with E-state index >= 15 is 0 Å². The number of amides is 1. The minimum atomic E-state index is -0.527. The van der Waals surface area contributed by atoms with Crippen LogP contribution in [-0.2, 0) is 13.6 Å². The molecule has 0 saturated carbocycles. The number of carbonyl (C=O) groups is 1. The maximum absolute atomic E-state index is 11.6. The number of aromatic nitrogens is 6. The Hall–Kier alpha value is -3.75. The number of fused-ring (bicyclic) bond motifs is 1. The highest BCUT2D eigenvalue weighted by Gasteiger charge is 2.22. The van der Waals surface area contributed by atoms with E-state index in [1.54, 1.807) is 10.7 Å². The Morgan fingerprint density at radius 1 is 1.23 bits per heavy atom. The zero-order valence-corrected chi connectivity index (χ0v) is 17.6. The molecule has 9 heteroatoms. The number of carbonyl (C=O) groups excluding carboxylic acids is 1. The van der Waals surface area contributed by atoms with Crippen molar-refractivity contribution < 1.29 is 4.79 Å². The van der Waals surface area contributed by atoms with E-state index in [1.165, 1.54) is 19.0 Å². The summed E-state index contributed by atoms with van der Waals surface area (Å²) in [6.45, 7) is 3.77. The predicted molar refractivity (Wildman–Crippen MR) is 118 cm³/mol. The molecule has 1 aliphatic heterocycles. The van der Waals surface area contributed by atoms with Gasteiger partial charge in [0, 0.05) is 43.8 Å². The molecule has 0 spiro atoms. The van der Waals surface area contributed by atoms with Crippen molar-refractivity contribution >= 4 is 22.9 Å². The van der Waals surface area contributed by atoms with Crippen LogP contribution in [0.1, 0.15) is 35.8 Å². The van der Waals surface area contributed by atoms with Crippen molar-refractivity contribution in [1.82, 2.24) is 29.3 Å². The average molecular weight is 416 g/mol. The predicted octanol–water partition coefficient (Wildman–Crippen LogP) is 2.36. The smallest absolute Gasteiger partial charge is 0.250 e. The summed E-state index contributed by atoms with van der Waals surface area (Å²) >= 11 is 0. The second-order valence-electron chi connectivity index (χ2n) is 8.02. The van der Waals surface area contributed by atoms with E-state index in [4.69, 9.17) is 15.7 Å². The van der Waals surface area contributed by atoms with E-state index < -0.39 is 5.91 Å². The van der Waals surface area contributed by atoms with Gasteiger partial charge in [0.15, 0.2) is 5.65 Å². The number of pyridine rings is 2. The van der Waals surface area contributed by atoms with Gasteiger partial charge in [0.25, 0.3) is 0 Å². The van der Waals surface area contributed by atoms with Crippen LogP contribution in [0.5, 0.6) is 0 Å². The number of anilines is 1. The van der Waals surface area contributed by atoms with Crippen molar-refractivity contribution in [3.05, 3.63) is 54.1 Å². The van der Waals surface area contributed by atoms with Gasteiger partial charge in [0.2, 0.25) is 5.91 Å². The third kappa shape index (κ3) is 3.52. The number of aryl methyl sites for hydroxylation is 1. The van der Waals surface area contributed by atoms with Crippen LogP contribution in [0.4, 0.5) is 5.82 Å². The number of primary amides is 1. The Bertz CT molecular complexity index is 1260. The monoisotopic (exact) mass is 416 g/mol. The fourth-order valence-electron chi connectivity index (χ4n) is 4.19. The highest BCUT2D eigenvalue weighted by molar-refractivity contribution is 5.95. The van der Waals surface area contributed by atoms with E-state index in [-0.39, 0.29) is 0 Å². The maximum Gasteiger partial charge on any atom is 0.250 e. The first-order valence-electron chi connectivity index (χ1n) is 10.4. The minimum Gasteiger partial charge on any atom is -0.366 e. The Morgan fingerprint density at radius 2 is 2.10 bits per heavy atom. The van der Waals surface area contributed by atoms with E-state index in [2.05, 4.69) is 21.9 Å². The maximum atomic E-state index is 11.6. The molecule has 4 aromatic heterocycles. The summed E-state index contributed by atoms with van der Waals surface area (Å²) < 4.78 is 3.76. The molecule has 1 unspecified atom stereocenters. The van der Waals surface area contributed by atoms with Gasteiger partial charge in [0.05, 0.1) is 17.8 Å². The Kier molecular flexibility index (Phi) is 4.65. The van der Waals surface area contributed by atoms with Gasteiger partial charge in [-0.15, -0.1) is 0 Å². The Balaban J connectivity index is 1.59. The van der Waals surface area contributed by atoms with Crippen molar-refractivity contribution in [2.45, 2.75) is 32.4 Å². The molecule has 1 amide bonds. The number of nitrogens with two attached hydrogens (primary N) is 1. The van der Waals surface area contributed by atoms with Gasteiger partial charge in [-0.2, -0.15) is 5.10 Å². The highest BCUT2D eigenvalue weighted by Crippen LogP contribution is 2.28. The summed E-state index contributed by atoms with van der Waals surface area (Å²) in [5.74, 6) is 1.18. The van der Waals surface area contributed by atoms with Crippen LogP contribution in [0.15, 0.2) is 42.9 Å². The Labute approximate surface area is 179 Å². The lowest BCUT2D eigenvalue weighted by atomic mass is 10.2. The van der Waals surface area contributed by atoms with Gasteiger partial charge in [-0.3, -0.25) is 9.48 Å². The molecular formula is C22H24N8O. The van der Waals surface area contributed by atoms with Gasteiger partial charge in [0.1, 0.15) is 17.2 Å².